The first-order chi connectivity index (χ1) is 13.0. The summed E-state index contributed by atoms with van der Waals surface area (Å²) in [6.45, 7) is 3.82. The van der Waals surface area contributed by atoms with E-state index in [1.165, 1.54) is 11.8 Å². The van der Waals surface area contributed by atoms with E-state index in [-0.39, 0.29) is 11.7 Å². The zero-order valence-electron chi connectivity index (χ0n) is 14.7. The van der Waals surface area contributed by atoms with Crippen molar-refractivity contribution in [1.29, 1.82) is 0 Å². The molecule has 0 aliphatic heterocycles. The molecule has 0 saturated carbocycles. The number of benzene rings is 2. The lowest BCUT2D eigenvalue weighted by Crippen LogP contribution is -2.14. The van der Waals surface area contributed by atoms with Crippen LogP contribution in [0.5, 0.6) is 0 Å². The highest BCUT2D eigenvalue weighted by Gasteiger charge is 2.14. The van der Waals surface area contributed by atoms with E-state index < -0.39 is 0 Å². The van der Waals surface area contributed by atoms with Crippen molar-refractivity contribution in [1.82, 2.24) is 19.6 Å². The molecule has 2 aromatic heterocycles. The van der Waals surface area contributed by atoms with Gasteiger partial charge >= 0.3 is 0 Å². The van der Waals surface area contributed by atoms with Gasteiger partial charge in [0.25, 0.3) is 0 Å². The molecule has 27 heavy (non-hydrogen) atoms. The Morgan fingerprint density at radius 3 is 2.81 bits per heavy atom. The summed E-state index contributed by atoms with van der Waals surface area (Å²) in [5, 5.41) is 12.5. The Kier molecular flexibility index (Phi) is 4.72. The highest BCUT2D eigenvalue weighted by Crippen LogP contribution is 2.26. The molecule has 4 rings (SSSR count). The van der Waals surface area contributed by atoms with Crippen LogP contribution >= 0.6 is 23.4 Å². The number of hydrogen-bond donors (Lipinski definition) is 1. The summed E-state index contributed by atoms with van der Waals surface area (Å²) in [5.74, 6) is 0.853. The lowest BCUT2D eigenvalue weighted by atomic mass is 10.2. The minimum Gasteiger partial charge on any atom is -0.325 e. The summed E-state index contributed by atoms with van der Waals surface area (Å²) in [6, 6.07) is 13.3. The molecule has 2 heterocycles. The van der Waals surface area contributed by atoms with E-state index in [1.54, 1.807) is 6.07 Å². The van der Waals surface area contributed by atoms with Crippen molar-refractivity contribution in [3.05, 3.63) is 58.9 Å². The molecule has 0 aliphatic rings. The number of thioether (sulfide) groups is 1. The Bertz CT molecular complexity index is 1170. The first kappa shape index (κ1) is 17.8. The van der Waals surface area contributed by atoms with Gasteiger partial charge in [-0.2, -0.15) is 0 Å². The number of carbonyl (C=O) groups excluding carboxylic acids is 1. The van der Waals surface area contributed by atoms with Crippen LogP contribution in [0.4, 0.5) is 5.69 Å². The van der Waals surface area contributed by atoms with Crippen molar-refractivity contribution < 1.29 is 4.79 Å². The van der Waals surface area contributed by atoms with Crippen LogP contribution in [-0.2, 0) is 4.79 Å². The molecule has 8 heteroatoms. The predicted molar refractivity (Wildman–Crippen MR) is 109 cm³/mol. The van der Waals surface area contributed by atoms with Crippen LogP contribution in [0, 0.1) is 13.8 Å². The maximum Gasteiger partial charge on any atom is 0.234 e. The van der Waals surface area contributed by atoms with Gasteiger partial charge in [0.15, 0.2) is 5.65 Å². The van der Waals surface area contributed by atoms with Crippen LogP contribution in [0.1, 0.15) is 11.4 Å². The van der Waals surface area contributed by atoms with Crippen molar-refractivity contribution in [2.45, 2.75) is 18.9 Å². The van der Waals surface area contributed by atoms with Crippen molar-refractivity contribution in [2.75, 3.05) is 11.1 Å². The molecule has 1 N–H and O–H groups in total. The van der Waals surface area contributed by atoms with Gasteiger partial charge in [-0.15, -0.1) is 10.2 Å². The lowest BCUT2D eigenvalue weighted by Gasteiger charge is -2.08. The number of carbonyl (C=O) groups is 1. The summed E-state index contributed by atoms with van der Waals surface area (Å²) in [5.41, 5.74) is 4.07. The minimum atomic E-state index is -0.135. The number of anilines is 1. The third-order valence-electron chi connectivity index (χ3n) is 4.16. The van der Waals surface area contributed by atoms with Crippen LogP contribution in [0.3, 0.4) is 0 Å². The van der Waals surface area contributed by atoms with E-state index in [0.29, 0.717) is 21.4 Å². The molecule has 0 aliphatic carbocycles. The number of aryl methyl sites for hydroxylation is 2. The highest BCUT2D eigenvalue weighted by molar-refractivity contribution is 8.00. The smallest absolute Gasteiger partial charge is 0.234 e. The van der Waals surface area contributed by atoms with Crippen molar-refractivity contribution in [3.8, 4) is 0 Å². The van der Waals surface area contributed by atoms with E-state index in [4.69, 9.17) is 11.6 Å². The molecule has 4 aromatic rings. The number of hydrogen-bond acceptors (Lipinski definition) is 5. The summed E-state index contributed by atoms with van der Waals surface area (Å²) in [7, 11) is 0. The average Bonchev–Trinajstić information content (AvgIpc) is 3.05. The van der Waals surface area contributed by atoms with E-state index in [1.807, 2.05) is 54.6 Å². The third kappa shape index (κ3) is 3.48. The van der Waals surface area contributed by atoms with E-state index in [9.17, 15) is 4.79 Å². The Morgan fingerprint density at radius 1 is 1.19 bits per heavy atom. The second-order valence-electron chi connectivity index (χ2n) is 6.11. The quantitative estimate of drug-likeness (QED) is 0.520. The second-order valence-corrected chi connectivity index (χ2v) is 7.48. The van der Waals surface area contributed by atoms with Gasteiger partial charge in [-0.25, -0.2) is 4.98 Å². The molecule has 0 spiro atoms. The second kappa shape index (κ2) is 7.17. The van der Waals surface area contributed by atoms with Crippen molar-refractivity contribution >= 4 is 51.6 Å². The van der Waals surface area contributed by atoms with E-state index in [0.717, 1.165) is 22.4 Å². The topological polar surface area (TPSA) is 72.2 Å². The van der Waals surface area contributed by atoms with Crippen LogP contribution in [0.25, 0.3) is 16.7 Å². The van der Waals surface area contributed by atoms with Crippen molar-refractivity contribution in [3.63, 3.8) is 0 Å². The highest BCUT2D eigenvalue weighted by atomic mass is 35.5. The van der Waals surface area contributed by atoms with Crippen LogP contribution in [-0.4, -0.2) is 31.2 Å². The molecule has 0 radical (unpaired) electrons. The molecule has 0 unspecified atom stereocenters. The Hall–Kier alpha value is -2.64. The lowest BCUT2D eigenvalue weighted by molar-refractivity contribution is -0.113. The molecule has 0 bridgehead atoms. The van der Waals surface area contributed by atoms with Crippen LogP contribution in [0.2, 0.25) is 5.02 Å². The molecular weight excluding hydrogens is 382 g/mol. The van der Waals surface area contributed by atoms with Gasteiger partial charge < -0.3 is 5.32 Å². The predicted octanol–water partition coefficient (Wildman–Crippen LogP) is 4.28. The SMILES string of the molecule is Cc1ccc(NC(=O)CSc2nc3ccccc3n3c(C)nnc23)cc1Cl. The number of para-hydroxylation sites is 2. The maximum atomic E-state index is 12.3. The molecular formula is C19H16ClN5OS. The van der Waals surface area contributed by atoms with Gasteiger partial charge in [-0.3, -0.25) is 9.20 Å². The zero-order chi connectivity index (χ0) is 19.0. The zero-order valence-corrected chi connectivity index (χ0v) is 16.3. The molecule has 6 nitrogen and oxygen atoms in total. The fourth-order valence-electron chi connectivity index (χ4n) is 2.79. The van der Waals surface area contributed by atoms with E-state index in [2.05, 4.69) is 20.5 Å². The molecule has 0 fully saturated rings. The van der Waals surface area contributed by atoms with Gasteiger partial charge in [0.2, 0.25) is 5.91 Å². The molecule has 0 atom stereocenters. The molecule has 136 valence electrons. The van der Waals surface area contributed by atoms with Crippen molar-refractivity contribution in [2.24, 2.45) is 0 Å². The molecule has 2 aromatic carbocycles. The number of rotatable bonds is 4. The first-order valence-corrected chi connectivity index (χ1v) is 9.68. The number of amides is 1. The van der Waals surface area contributed by atoms with Gasteiger partial charge in [0.1, 0.15) is 10.9 Å². The fraction of sp³-hybridized carbons (Fsp3) is 0.158. The number of aromatic nitrogens is 4. The average molecular weight is 398 g/mol. The number of nitrogens with zero attached hydrogens (tertiary/aromatic N) is 4. The van der Waals surface area contributed by atoms with Gasteiger partial charge in [-0.05, 0) is 43.7 Å². The summed E-state index contributed by atoms with van der Waals surface area (Å²) < 4.78 is 1.96. The Balaban J connectivity index is 1.57. The summed E-state index contributed by atoms with van der Waals surface area (Å²) in [6.07, 6.45) is 0. The minimum absolute atomic E-state index is 0.135. The van der Waals surface area contributed by atoms with Gasteiger partial charge in [-0.1, -0.05) is 41.6 Å². The van der Waals surface area contributed by atoms with Crippen LogP contribution in [0.15, 0.2) is 47.5 Å². The van der Waals surface area contributed by atoms with Gasteiger partial charge in [0, 0.05) is 10.7 Å². The summed E-state index contributed by atoms with van der Waals surface area (Å²) >= 11 is 7.44. The molecule has 1 amide bonds. The first-order valence-electron chi connectivity index (χ1n) is 8.32. The molecule has 0 saturated heterocycles. The Morgan fingerprint density at radius 2 is 2.00 bits per heavy atom. The maximum absolute atomic E-state index is 12.3. The van der Waals surface area contributed by atoms with Gasteiger partial charge in [0.05, 0.1) is 16.8 Å². The number of fused-ring (bicyclic) bond motifs is 3. The van der Waals surface area contributed by atoms with Crippen LogP contribution < -0.4 is 5.32 Å². The number of halogens is 1. The monoisotopic (exact) mass is 397 g/mol. The fourth-order valence-corrected chi connectivity index (χ4v) is 3.74. The number of nitrogens with one attached hydrogen (secondary N) is 1. The third-order valence-corrected chi connectivity index (χ3v) is 5.52. The largest absolute Gasteiger partial charge is 0.325 e. The summed E-state index contributed by atoms with van der Waals surface area (Å²) in [4.78, 5) is 17.0. The standard InChI is InChI=1S/C19H16ClN5OS/c1-11-7-8-13(9-14(11)20)21-17(26)10-27-19-18-24-23-12(2)25(18)16-6-4-3-5-15(16)22-19/h3-9H,10H2,1-2H3,(H,21,26). The normalized spacial score (nSPS) is 11.2. The van der Waals surface area contributed by atoms with E-state index >= 15 is 0 Å². The Labute approximate surface area is 165 Å².